The van der Waals surface area contributed by atoms with Gasteiger partial charge in [-0.25, -0.2) is 0 Å². The number of Topliss-reactive ketones (excluding diaryl/α,β-unsaturated/α-hetero) is 1. The summed E-state index contributed by atoms with van der Waals surface area (Å²) in [5.41, 5.74) is 0. The Hall–Kier alpha value is -0.330. The zero-order valence-electron chi connectivity index (χ0n) is 8.73. The minimum absolute atomic E-state index is 0.352. The summed E-state index contributed by atoms with van der Waals surface area (Å²) in [5.74, 6) is 0.738. The minimum atomic E-state index is 0.352. The highest BCUT2D eigenvalue weighted by Gasteiger charge is 2.11. The number of carbonyl (C=O) groups excluding carboxylic acids is 1. The maximum Gasteiger partial charge on any atom is 0.132 e. The zero-order chi connectivity index (χ0) is 9.40. The highest BCUT2D eigenvalue weighted by atomic mass is 16.1. The van der Waals surface area contributed by atoms with Crippen LogP contribution >= 0.6 is 0 Å². The first-order valence-corrected chi connectivity index (χ1v) is 5.22. The van der Waals surface area contributed by atoms with Crippen molar-refractivity contribution in [3.8, 4) is 0 Å². The summed E-state index contributed by atoms with van der Waals surface area (Å²) < 4.78 is 0. The van der Waals surface area contributed by atoms with Crippen molar-refractivity contribution in [1.82, 2.24) is 0 Å². The monoisotopic (exact) mass is 170 g/mol. The summed E-state index contributed by atoms with van der Waals surface area (Å²) in [4.78, 5) is 11.2. The number of hydrogen-bond donors (Lipinski definition) is 0. The lowest BCUT2D eigenvalue weighted by atomic mass is 9.93. The Morgan fingerprint density at radius 1 is 1.08 bits per heavy atom. The summed E-state index contributed by atoms with van der Waals surface area (Å²) in [5, 5.41) is 0. The summed E-state index contributed by atoms with van der Waals surface area (Å²) in [6, 6.07) is 0. The third kappa shape index (κ3) is 5.34. The van der Waals surface area contributed by atoms with E-state index in [0.29, 0.717) is 11.7 Å². The average molecular weight is 170 g/mol. The second-order valence-corrected chi connectivity index (χ2v) is 3.59. The van der Waals surface area contributed by atoms with Crippen LogP contribution < -0.4 is 0 Å². The van der Waals surface area contributed by atoms with Gasteiger partial charge in [0.15, 0.2) is 0 Å². The maximum atomic E-state index is 11.2. The van der Waals surface area contributed by atoms with E-state index in [1.807, 2.05) is 0 Å². The molecule has 1 heteroatoms. The molecular formula is C11H22O. The van der Waals surface area contributed by atoms with Crippen molar-refractivity contribution >= 4 is 5.78 Å². The van der Waals surface area contributed by atoms with Gasteiger partial charge in [-0.2, -0.15) is 0 Å². The molecule has 0 aliphatic heterocycles. The van der Waals surface area contributed by atoms with Crippen LogP contribution in [0.1, 0.15) is 59.3 Å². The van der Waals surface area contributed by atoms with Crippen molar-refractivity contribution in [3.63, 3.8) is 0 Å². The van der Waals surface area contributed by atoms with Gasteiger partial charge >= 0.3 is 0 Å². The fraction of sp³-hybridized carbons (Fsp3) is 0.909. The largest absolute Gasteiger partial charge is 0.300 e. The highest BCUT2D eigenvalue weighted by Crippen LogP contribution is 2.16. The molecule has 0 atom stereocenters. The molecule has 0 rings (SSSR count). The van der Waals surface area contributed by atoms with E-state index in [9.17, 15) is 4.79 Å². The lowest BCUT2D eigenvalue weighted by Crippen LogP contribution is -2.10. The predicted molar refractivity (Wildman–Crippen MR) is 53.2 cm³/mol. The number of hydrogen-bond acceptors (Lipinski definition) is 1. The van der Waals surface area contributed by atoms with Crippen molar-refractivity contribution in [2.75, 3.05) is 0 Å². The van der Waals surface area contributed by atoms with E-state index in [-0.39, 0.29) is 0 Å². The molecule has 0 saturated heterocycles. The van der Waals surface area contributed by atoms with Gasteiger partial charge in [-0.05, 0) is 19.8 Å². The quantitative estimate of drug-likeness (QED) is 0.571. The van der Waals surface area contributed by atoms with Gasteiger partial charge < -0.3 is 0 Å². The molecule has 0 bridgehead atoms. The van der Waals surface area contributed by atoms with Gasteiger partial charge in [-0.3, -0.25) is 4.79 Å². The molecule has 0 aromatic rings. The molecule has 0 saturated carbocycles. The number of unbranched alkanes of at least 4 members (excludes halogenated alkanes) is 2. The third-order valence-corrected chi connectivity index (χ3v) is 2.39. The van der Waals surface area contributed by atoms with E-state index in [4.69, 9.17) is 0 Å². The molecular weight excluding hydrogens is 148 g/mol. The van der Waals surface area contributed by atoms with Gasteiger partial charge in [-0.1, -0.05) is 39.5 Å². The molecule has 0 aromatic carbocycles. The van der Waals surface area contributed by atoms with Gasteiger partial charge in [0.25, 0.3) is 0 Å². The van der Waals surface area contributed by atoms with Crippen LogP contribution in [0.15, 0.2) is 0 Å². The molecule has 0 heterocycles. The van der Waals surface area contributed by atoms with E-state index in [2.05, 4.69) is 13.8 Å². The topological polar surface area (TPSA) is 17.1 Å². The first kappa shape index (κ1) is 11.7. The van der Waals surface area contributed by atoms with Crippen molar-refractivity contribution in [2.45, 2.75) is 59.3 Å². The number of ketones is 1. The van der Waals surface area contributed by atoms with Crippen molar-refractivity contribution in [2.24, 2.45) is 5.92 Å². The van der Waals surface area contributed by atoms with Crippen molar-refractivity contribution < 1.29 is 4.79 Å². The molecule has 0 aromatic heterocycles. The lowest BCUT2D eigenvalue weighted by molar-refractivity contribution is -0.121. The highest BCUT2D eigenvalue weighted by molar-refractivity contribution is 5.78. The maximum absolute atomic E-state index is 11.2. The Morgan fingerprint density at radius 3 is 1.75 bits per heavy atom. The first-order valence-electron chi connectivity index (χ1n) is 5.22. The smallest absolute Gasteiger partial charge is 0.132 e. The normalized spacial score (nSPS) is 10.7. The second kappa shape index (κ2) is 7.33. The van der Waals surface area contributed by atoms with E-state index in [1.54, 1.807) is 6.92 Å². The third-order valence-electron chi connectivity index (χ3n) is 2.39. The molecule has 0 radical (unpaired) electrons. The van der Waals surface area contributed by atoms with Crippen LogP contribution in [0.3, 0.4) is 0 Å². The minimum Gasteiger partial charge on any atom is -0.300 e. The van der Waals surface area contributed by atoms with Gasteiger partial charge in [0.1, 0.15) is 5.78 Å². The molecule has 1 nitrogen and oxygen atoms in total. The summed E-state index contributed by atoms with van der Waals surface area (Å²) >= 11 is 0. The van der Waals surface area contributed by atoms with E-state index in [1.165, 1.54) is 25.7 Å². The van der Waals surface area contributed by atoms with Crippen LogP contribution in [0.5, 0.6) is 0 Å². The average Bonchev–Trinajstić information content (AvgIpc) is 2.04. The van der Waals surface area contributed by atoms with E-state index >= 15 is 0 Å². The molecule has 12 heavy (non-hydrogen) atoms. The van der Waals surface area contributed by atoms with E-state index < -0.39 is 0 Å². The zero-order valence-corrected chi connectivity index (χ0v) is 8.73. The summed E-state index contributed by atoms with van der Waals surface area (Å²) in [7, 11) is 0. The van der Waals surface area contributed by atoms with Gasteiger partial charge in [-0.15, -0.1) is 0 Å². The van der Waals surface area contributed by atoms with Crippen LogP contribution in [-0.4, -0.2) is 5.78 Å². The van der Waals surface area contributed by atoms with Crippen LogP contribution in [0.25, 0.3) is 0 Å². The molecule has 0 aliphatic carbocycles. The molecule has 0 fully saturated rings. The molecule has 0 unspecified atom stereocenters. The fourth-order valence-electron chi connectivity index (χ4n) is 1.45. The van der Waals surface area contributed by atoms with Crippen molar-refractivity contribution in [3.05, 3.63) is 0 Å². The lowest BCUT2D eigenvalue weighted by Gasteiger charge is -2.11. The fourth-order valence-corrected chi connectivity index (χ4v) is 1.45. The van der Waals surface area contributed by atoms with Crippen LogP contribution in [0, 0.1) is 5.92 Å². The Kier molecular flexibility index (Phi) is 7.12. The summed E-state index contributed by atoms with van der Waals surface area (Å²) in [6.45, 7) is 6.09. The molecule has 72 valence electrons. The molecule has 0 spiro atoms. The number of carbonyl (C=O) groups is 1. The standard InChI is InChI=1S/C11H22O/c1-4-6-8-11(10(3)12)9-7-5-2/h11H,4-9H2,1-3H3. The predicted octanol–water partition coefficient (Wildman–Crippen LogP) is 3.57. The van der Waals surface area contributed by atoms with Crippen LogP contribution in [-0.2, 0) is 4.79 Å². The Labute approximate surface area is 76.6 Å². The molecule has 0 aliphatic rings. The Morgan fingerprint density at radius 2 is 1.50 bits per heavy atom. The van der Waals surface area contributed by atoms with Gasteiger partial charge in [0.05, 0.1) is 0 Å². The number of rotatable bonds is 7. The molecule has 0 amide bonds. The first-order chi connectivity index (χ1) is 5.72. The second-order valence-electron chi connectivity index (χ2n) is 3.59. The van der Waals surface area contributed by atoms with Gasteiger partial charge in [0, 0.05) is 5.92 Å². The van der Waals surface area contributed by atoms with Crippen LogP contribution in [0.2, 0.25) is 0 Å². The van der Waals surface area contributed by atoms with Crippen molar-refractivity contribution in [1.29, 1.82) is 0 Å². The Balaban J connectivity index is 3.62. The SMILES string of the molecule is CCCCC(CCCC)C(C)=O. The van der Waals surface area contributed by atoms with E-state index in [0.717, 1.165) is 12.8 Å². The Bertz CT molecular complexity index is 110. The van der Waals surface area contributed by atoms with Gasteiger partial charge in [0.2, 0.25) is 0 Å². The molecule has 0 N–H and O–H groups in total. The summed E-state index contributed by atoms with van der Waals surface area (Å²) in [6.07, 6.45) is 7.02. The van der Waals surface area contributed by atoms with Crippen LogP contribution in [0.4, 0.5) is 0 Å².